The maximum atomic E-state index is 11.4. The molecule has 4 bridgehead atoms. The highest BCUT2D eigenvalue weighted by molar-refractivity contribution is 5.22. The van der Waals surface area contributed by atoms with E-state index in [0.29, 0.717) is 24.2 Å². The first-order chi connectivity index (χ1) is 7.61. The van der Waals surface area contributed by atoms with Gasteiger partial charge in [-0.2, -0.15) is 0 Å². The minimum atomic E-state index is -0.913. The molecule has 3 saturated carbocycles. The second kappa shape index (κ2) is 2.70. The van der Waals surface area contributed by atoms with Crippen LogP contribution in [0.25, 0.3) is 0 Å². The Morgan fingerprint density at radius 3 is 2.62 bits per heavy atom. The molecule has 4 nitrogen and oxygen atoms in total. The van der Waals surface area contributed by atoms with Gasteiger partial charge in [-0.3, -0.25) is 5.73 Å². The van der Waals surface area contributed by atoms with E-state index in [-0.39, 0.29) is 5.92 Å². The number of hydroxylamine groups is 2. The summed E-state index contributed by atoms with van der Waals surface area (Å²) in [5.41, 5.74) is 5.24. The SMILES string of the molecule is NC1([NH+]([O-])O)CC2CC1C1C3C=CC(C3)C21. The van der Waals surface area contributed by atoms with Gasteiger partial charge in [0.15, 0.2) is 5.66 Å². The third kappa shape index (κ3) is 0.874. The zero-order chi connectivity index (χ0) is 11.1. The van der Waals surface area contributed by atoms with Gasteiger partial charge in [-0.05, 0) is 42.4 Å². The minimum Gasteiger partial charge on any atom is -0.599 e. The lowest BCUT2D eigenvalue weighted by molar-refractivity contribution is -1.09. The molecule has 8 atom stereocenters. The molecule has 4 rings (SSSR count). The molecule has 0 radical (unpaired) electrons. The molecular formula is C12H18N2O2. The molecule has 4 aliphatic rings. The number of nitrogens with one attached hydrogen (secondary N) is 1. The molecule has 0 saturated heterocycles. The Morgan fingerprint density at radius 2 is 1.94 bits per heavy atom. The molecule has 88 valence electrons. The molecule has 0 aromatic rings. The molecule has 4 N–H and O–H groups in total. The van der Waals surface area contributed by atoms with Gasteiger partial charge >= 0.3 is 0 Å². The summed E-state index contributed by atoms with van der Waals surface area (Å²) in [5.74, 6) is 3.53. The van der Waals surface area contributed by atoms with Crippen LogP contribution in [0.5, 0.6) is 0 Å². The van der Waals surface area contributed by atoms with Crippen molar-refractivity contribution in [1.29, 1.82) is 0 Å². The maximum absolute atomic E-state index is 11.4. The predicted octanol–water partition coefficient (Wildman–Crippen LogP) is -0.109. The van der Waals surface area contributed by atoms with Crippen LogP contribution in [0.2, 0.25) is 0 Å². The zero-order valence-electron chi connectivity index (χ0n) is 9.17. The van der Waals surface area contributed by atoms with Gasteiger partial charge in [0.2, 0.25) is 0 Å². The van der Waals surface area contributed by atoms with Gasteiger partial charge in [-0.15, -0.1) is 0 Å². The normalized spacial score (nSPS) is 62.9. The van der Waals surface area contributed by atoms with Gasteiger partial charge < -0.3 is 5.21 Å². The molecule has 0 aromatic heterocycles. The van der Waals surface area contributed by atoms with Crippen molar-refractivity contribution >= 4 is 0 Å². The highest BCUT2D eigenvalue weighted by atomic mass is 16.8. The van der Waals surface area contributed by atoms with Crippen molar-refractivity contribution < 1.29 is 10.4 Å². The Hall–Kier alpha value is -0.420. The standard InChI is InChI=1S/C12H18N2O2/c13-12(14(15)16)5-8-4-9(12)11-7-2-1-6(3-7)10(8)11/h1-2,6-11,14-15H,3-5,13H2. The number of allylic oxidation sites excluding steroid dienone is 2. The second-order valence-corrected chi connectivity index (χ2v) is 6.25. The fourth-order valence-electron chi connectivity index (χ4n) is 5.37. The number of hydrogen-bond acceptors (Lipinski definition) is 3. The van der Waals surface area contributed by atoms with Crippen LogP contribution in [-0.4, -0.2) is 10.9 Å². The summed E-state index contributed by atoms with van der Waals surface area (Å²) in [5, 5.41) is 19.9. The Kier molecular flexibility index (Phi) is 1.62. The Balaban J connectivity index is 1.73. The zero-order valence-corrected chi connectivity index (χ0v) is 9.17. The average molecular weight is 222 g/mol. The molecule has 8 unspecified atom stereocenters. The van der Waals surface area contributed by atoms with E-state index in [0.717, 1.165) is 18.3 Å². The smallest absolute Gasteiger partial charge is 0.181 e. The molecule has 0 spiro atoms. The fourth-order valence-corrected chi connectivity index (χ4v) is 5.37. The van der Waals surface area contributed by atoms with Crippen molar-refractivity contribution in [2.24, 2.45) is 41.2 Å². The average Bonchev–Trinajstić information content (AvgIpc) is 2.92. The monoisotopic (exact) mass is 222 g/mol. The van der Waals surface area contributed by atoms with Gasteiger partial charge in [-0.25, -0.2) is 10.4 Å². The van der Waals surface area contributed by atoms with Gasteiger partial charge in [-0.1, -0.05) is 12.2 Å². The van der Waals surface area contributed by atoms with Crippen LogP contribution in [0.3, 0.4) is 0 Å². The van der Waals surface area contributed by atoms with E-state index in [2.05, 4.69) is 12.2 Å². The highest BCUT2D eigenvalue weighted by Gasteiger charge is 2.67. The molecule has 4 aliphatic carbocycles. The van der Waals surface area contributed by atoms with Crippen LogP contribution in [-0.2, 0) is 0 Å². The summed E-state index contributed by atoms with van der Waals surface area (Å²) in [6.07, 6.45) is 7.72. The highest BCUT2D eigenvalue weighted by Crippen LogP contribution is 2.66. The number of nitrogens with two attached hydrogens (primary N) is 1. The van der Waals surface area contributed by atoms with E-state index in [9.17, 15) is 10.4 Å². The van der Waals surface area contributed by atoms with E-state index in [1.165, 1.54) is 6.42 Å². The molecule has 16 heavy (non-hydrogen) atoms. The lowest BCUT2D eigenvalue weighted by atomic mass is 9.69. The summed E-state index contributed by atoms with van der Waals surface area (Å²) < 4.78 is 0. The Labute approximate surface area is 94.6 Å². The quantitative estimate of drug-likeness (QED) is 0.251. The minimum absolute atomic E-state index is 0.236. The molecule has 0 amide bonds. The van der Waals surface area contributed by atoms with Crippen molar-refractivity contribution in [2.45, 2.75) is 24.9 Å². The molecule has 4 heteroatoms. The third-order valence-corrected chi connectivity index (χ3v) is 5.81. The maximum Gasteiger partial charge on any atom is 0.181 e. The van der Waals surface area contributed by atoms with Crippen LogP contribution in [0.1, 0.15) is 19.3 Å². The Bertz CT molecular complexity index is 370. The first kappa shape index (κ1) is 9.59. The summed E-state index contributed by atoms with van der Waals surface area (Å²) in [7, 11) is 0. The molecule has 0 aromatic carbocycles. The third-order valence-electron chi connectivity index (χ3n) is 5.81. The summed E-state index contributed by atoms with van der Waals surface area (Å²) in [4.78, 5) is 0. The molecule has 0 aliphatic heterocycles. The topological polar surface area (TPSA) is 73.8 Å². The number of rotatable bonds is 1. The van der Waals surface area contributed by atoms with Crippen LogP contribution < -0.4 is 11.0 Å². The van der Waals surface area contributed by atoms with E-state index < -0.39 is 10.9 Å². The van der Waals surface area contributed by atoms with Gasteiger partial charge in [0, 0.05) is 12.3 Å². The van der Waals surface area contributed by atoms with Crippen LogP contribution in [0.15, 0.2) is 12.2 Å². The first-order valence-corrected chi connectivity index (χ1v) is 6.32. The summed E-state index contributed by atoms with van der Waals surface area (Å²) >= 11 is 0. The van der Waals surface area contributed by atoms with Gasteiger partial charge in [0.1, 0.15) is 0 Å². The van der Waals surface area contributed by atoms with E-state index in [4.69, 9.17) is 5.73 Å². The predicted molar refractivity (Wildman–Crippen MR) is 57.0 cm³/mol. The lowest BCUT2D eigenvalue weighted by Gasteiger charge is -2.44. The van der Waals surface area contributed by atoms with Gasteiger partial charge in [0.05, 0.1) is 0 Å². The Morgan fingerprint density at radius 1 is 1.25 bits per heavy atom. The van der Waals surface area contributed by atoms with Gasteiger partial charge in [0.25, 0.3) is 0 Å². The summed E-state index contributed by atoms with van der Waals surface area (Å²) in [6, 6.07) is 0. The largest absolute Gasteiger partial charge is 0.599 e. The fraction of sp³-hybridized carbons (Fsp3) is 0.833. The molecule has 3 fully saturated rings. The van der Waals surface area contributed by atoms with Crippen molar-refractivity contribution in [3.05, 3.63) is 17.4 Å². The van der Waals surface area contributed by atoms with Crippen LogP contribution in [0, 0.1) is 40.7 Å². The van der Waals surface area contributed by atoms with Crippen molar-refractivity contribution in [1.82, 2.24) is 0 Å². The number of quaternary nitrogens is 1. The van der Waals surface area contributed by atoms with Crippen molar-refractivity contribution in [3.8, 4) is 0 Å². The van der Waals surface area contributed by atoms with E-state index in [1.54, 1.807) is 0 Å². The number of fused-ring (bicyclic) bond motifs is 9. The molecular weight excluding hydrogens is 204 g/mol. The second-order valence-electron chi connectivity index (χ2n) is 6.25. The number of hydrogen-bond donors (Lipinski definition) is 3. The van der Waals surface area contributed by atoms with Crippen molar-refractivity contribution in [3.63, 3.8) is 0 Å². The van der Waals surface area contributed by atoms with Crippen LogP contribution in [0.4, 0.5) is 0 Å². The van der Waals surface area contributed by atoms with Crippen LogP contribution >= 0.6 is 0 Å². The first-order valence-electron chi connectivity index (χ1n) is 6.32. The molecule has 0 heterocycles. The van der Waals surface area contributed by atoms with E-state index in [1.807, 2.05) is 0 Å². The van der Waals surface area contributed by atoms with Crippen molar-refractivity contribution in [2.75, 3.05) is 0 Å². The van der Waals surface area contributed by atoms with E-state index >= 15 is 0 Å². The summed E-state index contributed by atoms with van der Waals surface area (Å²) in [6.45, 7) is 0. The lowest BCUT2D eigenvalue weighted by Crippen LogP contribution is -3.17.